The first-order valence-corrected chi connectivity index (χ1v) is 6.61. The van der Waals surface area contributed by atoms with Crippen molar-refractivity contribution in [1.29, 1.82) is 0 Å². The fourth-order valence-corrected chi connectivity index (χ4v) is 1.91. The lowest BCUT2D eigenvalue weighted by Crippen LogP contribution is -2.10. The Labute approximate surface area is 119 Å². The molecule has 0 atom stereocenters. The van der Waals surface area contributed by atoms with Gasteiger partial charge in [-0.15, -0.1) is 0 Å². The first-order valence-electron chi connectivity index (χ1n) is 6.61. The van der Waals surface area contributed by atoms with E-state index in [9.17, 15) is 4.39 Å². The molecule has 2 N–H and O–H groups in total. The first kappa shape index (κ1) is 14.4. The predicted octanol–water partition coefficient (Wildman–Crippen LogP) is 4.81. The number of hydrogen-bond donors (Lipinski definition) is 1. The van der Waals surface area contributed by atoms with E-state index >= 15 is 0 Å². The van der Waals surface area contributed by atoms with E-state index in [4.69, 9.17) is 10.5 Å². The summed E-state index contributed by atoms with van der Waals surface area (Å²) in [7, 11) is 0. The number of rotatable bonds is 2. The molecule has 2 rings (SSSR count). The Hall–Kier alpha value is -2.03. The molecule has 0 saturated heterocycles. The maximum atomic E-state index is 13.4. The van der Waals surface area contributed by atoms with E-state index in [0.29, 0.717) is 22.7 Å². The molecular weight excluding hydrogens is 253 g/mol. The molecule has 0 aliphatic rings. The zero-order chi connectivity index (χ0) is 14.9. The molecule has 0 amide bonds. The molecular formula is C17H20FNO. The summed E-state index contributed by atoms with van der Waals surface area (Å²) < 4.78 is 19.2. The summed E-state index contributed by atoms with van der Waals surface area (Å²) in [5.74, 6) is 0.864. The monoisotopic (exact) mass is 273 g/mol. The lowest BCUT2D eigenvalue weighted by molar-refractivity contribution is 0.478. The summed E-state index contributed by atoms with van der Waals surface area (Å²) in [6.07, 6.45) is 0. The number of ether oxygens (including phenoxy) is 1. The fourth-order valence-electron chi connectivity index (χ4n) is 1.91. The van der Waals surface area contributed by atoms with Gasteiger partial charge in [-0.3, -0.25) is 0 Å². The van der Waals surface area contributed by atoms with Crippen LogP contribution in [0.2, 0.25) is 0 Å². The normalized spacial score (nSPS) is 11.4. The van der Waals surface area contributed by atoms with Crippen molar-refractivity contribution in [3.8, 4) is 11.5 Å². The van der Waals surface area contributed by atoms with Crippen molar-refractivity contribution < 1.29 is 9.13 Å². The zero-order valence-electron chi connectivity index (χ0n) is 12.3. The average Bonchev–Trinajstić information content (AvgIpc) is 2.35. The van der Waals surface area contributed by atoms with Crippen LogP contribution in [0, 0.1) is 12.7 Å². The quantitative estimate of drug-likeness (QED) is 0.797. The van der Waals surface area contributed by atoms with Crippen molar-refractivity contribution >= 4 is 5.69 Å². The number of hydrogen-bond acceptors (Lipinski definition) is 2. The minimum absolute atomic E-state index is 0.0453. The molecule has 0 heterocycles. The van der Waals surface area contributed by atoms with E-state index in [1.807, 2.05) is 18.2 Å². The van der Waals surface area contributed by atoms with Crippen LogP contribution in [-0.2, 0) is 5.41 Å². The van der Waals surface area contributed by atoms with Gasteiger partial charge in [0, 0.05) is 6.07 Å². The Kier molecular flexibility index (Phi) is 3.71. The molecule has 2 aromatic rings. The molecule has 3 heteroatoms. The topological polar surface area (TPSA) is 35.2 Å². The highest BCUT2D eigenvalue weighted by Crippen LogP contribution is 2.32. The highest BCUT2D eigenvalue weighted by Gasteiger charge is 2.14. The molecule has 106 valence electrons. The maximum absolute atomic E-state index is 13.4. The second-order valence-corrected chi connectivity index (χ2v) is 6.02. The Morgan fingerprint density at radius 1 is 1.10 bits per heavy atom. The van der Waals surface area contributed by atoms with Crippen molar-refractivity contribution in [3.63, 3.8) is 0 Å². The highest BCUT2D eigenvalue weighted by atomic mass is 19.1. The van der Waals surface area contributed by atoms with Crippen molar-refractivity contribution in [3.05, 3.63) is 53.3 Å². The van der Waals surface area contributed by atoms with Crippen molar-refractivity contribution in [2.45, 2.75) is 33.1 Å². The van der Waals surface area contributed by atoms with Gasteiger partial charge < -0.3 is 10.5 Å². The average molecular weight is 273 g/mol. The molecule has 0 aliphatic carbocycles. The number of nitrogens with two attached hydrogens (primary N) is 1. The maximum Gasteiger partial charge on any atom is 0.150 e. The van der Waals surface area contributed by atoms with Gasteiger partial charge in [-0.1, -0.05) is 32.9 Å². The molecule has 0 saturated carbocycles. The van der Waals surface area contributed by atoms with E-state index in [0.717, 1.165) is 0 Å². The van der Waals surface area contributed by atoms with Gasteiger partial charge in [-0.05, 0) is 41.7 Å². The Bertz CT molecular complexity index is 629. The van der Waals surface area contributed by atoms with Crippen LogP contribution in [0.4, 0.5) is 10.1 Å². The fraction of sp³-hybridized carbons (Fsp3) is 0.294. The van der Waals surface area contributed by atoms with E-state index in [-0.39, 0.29) is 11.2 Å². The van der Waals surface area contributed by atoms with E-state index < -0.39 is 0 Å². The van der Waals surface area contributed by atoms with E-state index in [1.54, 1.807) is 13.0 Å². The van der Waals surface area contributed by atoms with Gasteiger partial charge in [0.1, 0.15) is 11.6 Å². The Morgan fingerprint density at radius 3 is 2.45 bits per heavy atom. The van der Waals surface area contributed by atoms with E-state index in [2.05, 4.69) is 26.8 Å². The Balaban J connectivity index is 2.33. The lowest BCUT2D eigenvalue weighted by Gasteiger charge is -2.20. The smallest absolute Gasteiger partial charge is 0.150 e. The van der Waals surface area contributed by atoms with Crippen LogP contribution in [0.1, 0.15) is 31.9 Å². The molecule has 0 fully saturated rings. The van der Waals surface area contributed by atoms with Crippen LogP contribution in [0.25, 0.3) is 0 Å². The van der Waals surface area contributed by atoms with Crippen LogP contribution in [-0.4, -0.2) is 0 Å². The number of anilines is 1. The highest BCUT2D eigenvalue weighted by molar-refractivity contribution is 5.56. The van der Waals surface area contributed by atoms with Crippen LogP contribution in [0.15, 0.2) is 36.4 Å². The molecule has 0 aliphatic heterocycles. The number of nitrogen functional groups attached to an aromatic ring is 1. The summed E-state index contributed by atoms with van der Waals surface area (Å²) in [5.41, 5.74) is 7.83. The molecule has 0 bridgehead atoms. The van der Waals surface area contributed by atoms with Crippen molar-refractivity contribution in [2.24, 2.45) is 0 Å². The summed E-state index contributed by atoms with van der Waals surface area (Å²) in [5, 5.41) is 0. The SMILES string of the molecule is Cc1cc(Oc2cccc(C(C)(C)C)c2)c(N)cc1F. The number of benzene rings is 2. The Morgan fingerprint density at radius 2 is 1.80 bits per heavy atom. The third kappa shape index (κ3) is 3.10. The molecule has 0 radical (unpaired) electrons. The van der Waals surface area contributed by atoms with Gasteiger partial charge in [0.2, 0.25) is 0 Å². The van der Waals surface area contributed by atoms with Crippen molar-refractivity contribution in [1.82, 2.24) is 0 Å². The van der Waals surface area contributed by atoms with Gasteiger partial charge in [0.05, 0.1) is 5.69 Å². The minimum Gasteiger partial charge on any atom is -0.455 e. The molecule has 0 spiro atoms. The van der Waals surface area contributed by atoms with Crippen LogP contribution < -0.4 is 10.5 Å². The van der Waals surface area contributed by atoms with Gasteiger partial charge in [-0.25, -0.2) is 4.39 Å². The van der Waals surface area contributed by atoms with E-state index in [1.165, 1.54) is 11.6 Å². The second kappa shape index (κ2) is 5.16. The zero-order valence-corrected chi connectivity index (χ0v) is 12.3. The number of aryl methyl sites for hydroxylation is 1. The molecule has 20 heavy (non-hydrogen) atoms. The van der Waals surface area contributed by atoms with Gasteiger partial charge in [0.25, 0.3) is 0 Å². The summed E-state index contributed by atoms with van der Waals surface area (Å²) >= 11 is 0. The molecule has 0 unspecified atom stereocenters. The predicted molar refractivity (Wildman–Crippen MR) is 80.8 cm³/mol. The largest absolute Gasteiger partial charge is 0.455 e. The second-order valence-electron chi connectivity index (χ2n) is 6.02. The third-order valence-corrected chi connectivity index (χ3v) is 3.22. The minimum atomic E-state index is -0.321. The van der Waals surface area contributed by atoms with Gasteiger partial charge >= 0.3 is 0 Å². The van der Waals surface area contributed by atoms with Crippen LogP contribution in [0.5, 0.6) is 11.5 Å². The third-order valence-electron chi connectivity index (χ3n) is 3.22. The van der Waals surface area contributed by atoms with Crippen LogP contribution >= 0.6 is 0 Å². The summed E-state index contributed by atoms with van der Waals surface area (Å²) in [6, 6.07) is 10.8. The first-order chi connectivity index (χ1) is 9.27. The van der Waals surface area contributed by atoms with Gasteiger partial charge in [-0.2, -0.15) is 0 Å². The van der Waals surface area contributed by atoms with Gasteiger partial charge in [0.15, 0.2) is 5.75 Å². The van der Waals surface area contributed by atoms with Crippen molar-refractivity contribution in [2.75, 3.05) is 5.73 Å². The molecule has 0 aromatic heterocycles. The van der Waals surface area contributed by atoms with Crippen LogP contribution in [0.3, 0.4) is 0 Å². The summed E-state index contributed by atoms with van der Waals surface area (Å²) in [4.78, 5) is 0. The molecule has 2 aromatic carbocycles. The summed E-state index contributed by atoms with van der Waals surface area (Å²) in [6.45, 7) is 8.11. The lowest BCUT2D eigenvalue weighted by atomic mass is 9.87. The molecule has 2 nitrogen and oxygen atoms in total. The standard InChI is InChI=1S/C17H20FNO/c1-11-8-16(15(19)10-14(11)18)20-13-7-5-6-12(9-13)17(2,3)4/h5-10H,19H2,1-4H3. The number of halogens is 1.